The van der Waals surface area contributed by atoms with E-state index < -0.39 is 0 Å². The zero-order chi connectivity index (χ0) is 25.8. The van der Waals surface area contributed by atoms with E-state index in [0.717, 1.165) is 43.8 Å². The van der Waals surface area contributed by atoms with Crippen molar-refractivity contribution in [1.29, 1.82) is 0 Å². The summed E-state index contributed by atoms with van der Waals surface area (Å²) in [6.07, 6.45) is 2.91. The third-order valence-electron chi connectivity index (χ3n) is 6.42. The highest BCUT2D eigenvalue weighted by Gasteiger charge is 2.29. The lowest BCUT2D eigenvalue weighted by Gasteiger charge is -2.32. The van der Waals surface area contributed by atoms with Crippen molar-refractivity contribution >= 4 is 0 Å². The molecule has 1 heterocycles. The van der Waals surface area contributed by atoms with Gasteiger partial charge in [0.2, 0.25) is 0 Å². The van der Waals surface area contributed by atoms with E-state index in [4.69, 9.17) is 24.1 Å². The monoisotopic (exact) mass is 486 g/mol. The molecule has 196 valence electrons. The average Bonchev–Trinajstić information content (AvgIpc) is 2.82. The van der Waals surface area contributed by atoms with Gasteiger partial charge in [-0.25, -0.2) is 0 Å². The minimum atomic E-state index is -0.167. The lowest BCUT2D eigenvalue weighted by molar-refractivity contribution is 0.115. The lowest BCUT2D eigenvalue weighted by atomic mass is 9.75. The molecule has 0 spiro atoms. The van der Waals surface area contributed by atoms with Crippen molar-refractivity contribution < 1.29 is 24.1 Å². The van der Waals surface area contributed by atoms with Crippen molar-refractivity contribution in [1.82, 2.24) is 0 Å². The second-order valence-electron chi connectivity index (χ2n) is 9.72. The number of rotatable bonds is 13. The fraction of sp³-hybridized carbons (Fsp3) is 0.600. The van der Waals surface area contributed by atoms with Crippen LogP contribution < -0.4 is 4.74 Å². The maximum absolute atomic E-state index is 7.88. The Morgan fingerprint density at radius 2 is 1.34 bits per heavy atom. The molecule has 0 unspecified atom stereocenters. The molecule has 1 N–H and O–H groups in total. The van der Waals surface area contributed by atoms with E-state index in [9.17, 15) is 0 Å². The third-order valence-corrected chi connectivity index (χ3v) is 6.42. The molecular formula is C30H46O5. The molecule has 0 bridgehead atoms. The Labute approximate surface area is 212 Å². The van der Waals surface area contributed by atoms with Crippen molar-refractivity contribution in [3.63, 3.8) is 0 Å². The minimum absolute atomic E-state index is 0.167. The SMILES string of the molecule is CCCO.CCCOCc1cc(C(C)(C)c2cc(COCCC)c3c(c2)CO3)cc(COC)c1C. The summed E-state index contributed by atoms with van der Waals surface area (Å²) >= 11 is 0. The highest BCUT2D eigenvalue weighted by molar-refractivity contribution is 5.53. The van der Waals surface area contributed by atoms with Gasteiger partial charge in [0.25, 0.3) is 0 Å². The molecule has 0 radical (unpaired) electrons. The van der Waals surface area contributed by atoms with Gasteiger partial charge in [0.15, 0.2) is 0 Å². The Morgan fingerprint density at radius 1 is 0.829 bits per heavy atom. The predicted octanol–water partition coefficient (Wildman–Crippen LogP) is 6.60. The number of ether oxygens (including phenoxy) is 4. The molecule has 2 aromatic rings. The molecule has 0 saturated carbocycles. The van der Waals surface area contributed by atoms with Crippen LogP contribution in [0, 0.1) is 6.92 Å². The topological polar surface area (TPSA) is 57.2 Å². The van der Waals surface area contributed by atoms with Crippen LogP contribution in [0.2, 0.25) is 0 Å². The van der Waals surface area contributed by atoms with Gasteiger partial charge in [0, 0.05) is 43.5 Å². The molecule has 0 atom stereocenters. The summed E-state index contributed by atoms with van der Waals surface area (Å²) < 4.78 is 23.0. The Hall–Kier alpha value is -1.92. The molecule has 5 nitrogen and oxygen atoms in total. The van der Waals surface area contributed by atoms with Crippen molar-refractivity contribution in [2.45, 2.75) is 92.6 Å². The standard InChI is InChI=1S/C27H38O4.C3H8O/c1-7-9-29-16-21-12-24(11-20(15-28-6)19(21)3)27(4,5)25-13-22(17-30-10-8-2)26-23(14-25)18-31-26;1-2-3-4/h11-14H,7-10,15-18H2,1-6H3;4H,2-3H2,1H3. The number of fused-ring (bicyclic) bond motifs is 1. The first-order valence-corrected chi connectivity index (χ1v) is 13.0. The number of hydrogen-bond donors (Lipinski definition) is 1. The summed E-state index contributed by atoms with van der Waals surface area (Å²) in [4.78, 5) is 0. The summed E-state index contributed by atoms with van der Waals surface area (Å²) in [5.41, 5.74) is 8.55. The fourth-order valence-electron chi connectivity index (χ4n) is 4.06. The number of aliphatic hydroxyl groups is 1. The van der Waals surface area contributed by atoms with Crippen LogP contribution in [0.15, 0.2) is 24.3 Å². The molecule has 35 heavy (non-hydrogen) atoms. The first kappa shape index (κ1) is 29.3. The number of hydrogen-bond acceptors (Lipinski definition) is 5. The van der Waals surface area contributed by atoms with Crippen molar-refractivity contribution in [3.8, 4) is 5.75 Å². The molecule has 0 fully saturated rings. The summed E-state index contributed by atoms with van der Waals surface area (Å²) in [5.74, 6) is 1.01. The van der Waals surface area contributed by atoms with Gasteiger partial charge in [0.05, 0.1) is 19.8 Å². The molecular weight excluding hydrogens is 440 g/mol. The summed E-state index contributed by atoms with van der Waals surface area (Å²) in [7, 11) is 1.75. The molecule has 0 aromatic heterocycles. The highest BCUT2D eigenvalue weighted by atomic mass is 16.5. The van der Waals surface area contributed by atoms with Crippen LogP contribution in [-0.4, -0.2) is 32.0 Å². The lowest BCUT2D eigenvalue weighted by Crippen LogP contribution is -2.23. The first-order chi connectivity index (χ1) is 16.8. The normalized spacial score (nSPS) is 12.3. The van der Waals surface area contributed by atoms with Gasteiger partial charge >= 0.3 is 0 Å². The first-order valence-electron chi connectivity index (χ1n) is 13.0. The molecule has 1 aliphatic heterocycles. The fourth-order valence-corrected chi connectivity index (χ4v) is 4.06. The smallest absolute Gasteiger partial charge is 0.131 e. The Kier molecular flexibility index (Phi) is 12.2. The van der Waals surface area contributed by atoms with Gasteiger partial charge < -0.3 is 24.1 Å². The van der Waals surface area contributed by atoms with Gasteiger partial charge in [-0.05, 0) is 66.1 Å². The van der Waals surface area contributed by atoms with Crippen LogP contribution >= 0.6 is 0 Å². The highest BCUT2D eigenvalue weighted by Crippen LogP contribution is 2.41. The Morgan fingerprint density at radius 3 is 1.83 bits per heavy atom. The molecule has 1 aliphatic rings. The maximum Gasteiger partial charge on any atom is 0.131 e. The van der Waals surface area contributed by atoms with Crippen molar-refractivity contribution in [2.75, 3.05) is 26.9 Å². The summed E-state index contributed by atoms with van der Waals surface area (Å²) in [6, 6.07) is 9.17. The van der Waals surface area contributed by atoms with Gasteiger partial charge in [-0.2, -0.15) is 0 Å². The average molecular weight is 487 g/mol. The summed E-state index contributed by atoms with van der Waals surface area (Å²) in [6.45, 7) is 17.3. The van der Waals surface area contributed by atoms with Crippen LogP contribution in [-0.2, 0) is 46.1 Å². The van der Waals surface area contributed by atoms with Gasteiger partial charge in [-0.1, -0.05) is 46.8 Å². The summed E-state index contributed by atoms with van der Waals surface area (Å²) in [5, 5.41) is 7.88. The van der Waals surface area contributed by atoms with E-state index >= 15 is 0 Å². The van der Waals surface area contributed by atoms with Gasteiger partial charge in [-0.15, -0.1) is 0 Å². The molecule has 2 aromatic carbocycles. The quantitative estimate of drug-likeness (QED) is 0.323. The van der Waals surface area contributed by atoms with Crippen molar-refractivity contribution in [3.05, 3.63) is 63.2 Å². The maximum atomic E-state index is 7.88. The van der Waals surface area contributed by atoms with Crippen LogP contribution in [0.3, 0.4) is 0 Å². The Bertz CT molecular complexity index is 917. The third kappa shape index (κ3) is 7.78. The molecule has 3 rings (SSSR count). The zero-order valence-electron chi connectivity index (χ0n) is 23.0. The van der Waals surface area contributed by atoms with Crippen LogP contribution in [0.25, 0.3) is 0 Å². The van der Waals surface area contributed by atoms with Crippen molar-refractivity contribution in [2.24, 2.45) is 0 Å². The Balaban J connectivity index is 0.00000100. The molecule has 0 aliphatic carbocycles. The van der Waals surface area contributed by atoms with E-state index in [1.165, 1.54) is 33.4 Å². The molecule has 0 amide bonds. The zero-order valence-corrected chi connectivity index (χ0v) is 23.0. The largest absolute Gasteiger partial charge is 0.488 e. The number of aliphatic hydroxyl groups excluding tert-OH is 1. The minimum Gasteiger partial charge on any atom is -0.488 e. The van der Waals surface area contributed by atoms with Crippen LogP contribution in [0.5, 0.6) is 5.75 Å². The van der Waals surface area contributed by atoms with Crippen LogP contribution in [0.4, 0.5) is 0 Å². The van der Waals surface area contributed by atoms with E-state index in [0.29, 0.717) is 33.0 Å². The van der Waals surface area contributed by atoms with E-state index in [2.05, 4.69) is 58.9 Å². The molecule has 5 heteroatoms. The molecule has 0 saturated heterocycles. The number of methoxy groups -OCH3 is 1. The van der Waals surface area contributed by atoms with Crippen LogP contribution in [0.1, 0.15) is 92.8 Å². The second-order valence-corrected chi connectivity index (χ2v) is 9.72. The van der Waals surface area contributed by atoms with E-state index in [-0.39, 0.29) is 5.41 Å². The van der Waals surface area contributed by atoms with Gasteiger partial charge in [-0.3, -0.25) is 0 Å². The predicted molar refractivity (Wildman–Crippen MR) is 142 cm³/mol. The van der Waals surface area contributed by atoms with Gasteiger partial charge in [0.1, 0.15) is 12.4 Å². The number of benzene rings is 2. The van der Waals surface area contributed by atoms with E-state index in [1.54, 1.807) is 7.11 Å². The second kappa shape index (κ2) is 14.6. The van der Waals surface area contributed by atoms with E-state index in [1.807, 2.05) is 6.92 Å².